The van der Waals surface area contributed by atoms with Crippen molar-refractivity contribution in [2.24, 2.45) is 0 Å². The first-order valence-electron chi connectivity index (χ1n) is 8.45. The van der Waals surface area contributed by atoms with Crippen LogP contribution < -0.4 is 0 Å². The normalized spacial score (nSPS) is 17.5. The van der Waals surface area contributed by atoms with Gasteiger partial charge in [0.15, 0.2) is 5.69 Å². The molecule has 1 saturated heterocycles. The Hall–Kier alpha value is -2.71. The lowest BCUT2D eigenvalue weighted by Crippen LogP contribution is -2.49. The van der Waals surface area contributed by atoms with E-state index in [0.717, 1.165) is 5.69 Å². The van der Waals surface area contributed by atoms with Crippen molar-refractivity contribution in [2.75, 3.05) is 39.8 Å². The number of para-hydroxylation sites is 1. The Morgan fingerprint density at radius 2 is 2.08 bits per heavy atom. The SMILES string of the molecule is CN(CC(=O)O)CC1CN(C(=O)c2ccn(-c3ccccc3)n2)CCO1. The van der Waals surface area contributed by atoms with Gasteiger partial charge in [0, 0.05) is 25.8 Å². The fourth-order valence-corrected chi connectivity index (χ4v) is 2.98. The number of aromatic nitrogens is 2. The maximum atomic E-state index is 12.7. The van der Waals surface area contributed by atoms with Crippen molar-refractivity contribution in [3.63, 3.8) is 0 Å². The molecule has 8 nitrogen and oxygen atoms in total. The standard InChI is InChI=1S/C18H22N4O4/c1-20(13-17(23)24)11-15-12-21(9-10-26-15)18(25)16-7-8-22(19-16)14-5-3-2-4-6-14/h2-8,15H,9-13H2,1H3,(H,23,24). The minimum Gasteiger partial charge on any atom is -0.480 e. The lowest BCUT2D eigenvalue weighted by molar-refractivity contribution is -0.138. The average Bonchev–Trinajstić information content (AvgIpc) is 3.11. The second-order valence-electron chi connectivity index (χ2n) is 6.32. The van der Waals surface area contributed by atoms with Crippen molar-refractivity contribution in [2.45, 2.75) is 6.10 Å². The molecule has 1 fully saturated rings. The van der Waals surface area contributed by atoms with Crippen molar-refractivity contribution in [3.8, 4) is 5.69 Å². The van der Waals surface area contributed by atoms with Crippen LogP contribution in [-0.4, -0.2) is 82.5 Å². The molecule has 1 aliphatic heterocycles. The predicted octanol–water partition coefficient (Wildman–Crippen LogP) is 0.730. The number of carbonyl (C=O) groups is 2. The third-order valence-corrected chi connectivity index (χ3v) is 4.18. The highest BCUT2D eigenvalue weighted by molar-refractivity contribution is 5.92. The van der Waals surface area contributed by atoms with E-state index in [9.17, 15) is 9.59 Å². The minimum absolute atomic E-state index is 0.0602. The van der Waals surface area contributed by atoms with Crippen LogP contribution in [0, 0.1) is 0 Å². The average molecular weight is 358 g/mol. The number of carbonyl (C=O) groups excluding carboxylic acids is 1. The van der Waals surface area contributed by atoms with Crippen molar-refractivity contribution in [3.05, 3.63) is 48.3 Å². The summed E-state index contributed by atoms with van der Waals surface area (Å²) in [5, 5.41) is 13.2. The monoisotopic (exact) mass is 358 g/mol. The summed E-state index contributed by atoms with van der Waals surface area (Å²) in [6, 6.07) is 11.3. The van der Waals surface area contributed by atoms with Crippen molar-refractivity contribution < 1.29 is 19.4 Å². The molecule has 3 rings (SSSR count). The number of nitrogens with zero attached hydrogens (tertiary/aromatic N) is 4. The highest BCUT2D eigenvalue weighted by Crippen LogP contribution is 2.12. The lowest BCUT2D eigenvalue weighted by Gasteiger charge is -2.34. The van der Waals surface area contributed by atoms with E-state index in [2.05, 4.69) is 5.10 Å². The number of morpholine rings is 1. The molecule has 1 amide bonds. The molecule has 0 bridgehead atoms. The summed E-state index contributed by atoms with van der Waals surface area (Å²) in [5.41, 5.74) is 1.27. The number of aliphatic carboxylic acids is 1. The number of hydrogen-bond donors (Lipinski definition) is 1. The Labute approximate surface area is 151 Å². The second-order valence-corrected chi connectivity index (χ2v) is 6.32. The maximum absolute atomic E-state index is 12.7. The van der Waals surface area contributed by atoms with Crippen LogP contribution in [0.3, 0.4) is 0 Å². The van der Waals surface area contributed by atoms with Gasteiger partial charge in [-0.3, -0.25) is 14.5 Å². The first-order chi connectivity index (χ1) is 12.5. The van der Waals surface area contributed by atoms with E-state index in [4.69, 9.17) is 9.84 Å². The zero-order chi connectivity index (χ0) is 18.5. The van der Waals surface area contributed by atoms with E-state index in [0.29, 0.717) is 31.9 Å². The summed E-state index contributed by atoms with van der Waals surface area (Å²) in [5.74, 6) is -1.03. The van der Waals surface area contributed by atoms with Gasteiger partial charge < -0.3 is 14.7 Å². The zero-order valence-corrected chi connectivity index (χ0v) is 14.6. The number of benzene rings is 1. The number of carboxylic acids is 1. The third-order valence-electron chi connectivity index (χ3n) is 4.18. The zero-order valence-electron chi connectivity index (χ0n) is 14.6. The van der Waals surface area contributed by atoms with E-state index in [-0.39, 0.29) is 18.6 Å². The first-order valence-corrected chi connectivity index (χ1v) is 8.45. The fourth-order valence-electron chi connectivity index (χ4n) is 2.98. The molecule has 1 N–H and O–H groups in total. The molecule has 26 heavy (non-hydrogen) atoms. The van der Waals surface area contributed by atoms with Gasteiger partial charge in [0.2, 0.25) is 0 Å². The number of rotatable bonds is 6. The van der Waals surface area contributed by atoms with Crippen LogP contribution in [0.2, 0.25) is 0 Å². The number of amides is 1. The summed E-state index contributed by atoms with van der Waals surface area (Å²) < 4.78 is 7.34. The fraction of sp³-hybridized carbons (Fsp3) is 0.389. The van der Waals surface area contributed by atoms with Gasteiger partial charge in [-0.05, 0) is 25.2 Å². The quantitative estimate of drug-likeness (QED) is 0.819. The second kappa shape index (κ2) is 8.11. The largest absolute Gasteiger partial charge is 0.480 e. The number of hydrogen-bond acceptors (Lipinski definition) is 5. The van der Waals surface area contributed by atoms with Crippen LogP contribution in [0.5, 0.6) is 0 Å². The van der Waals surface area contributed by atoms with E-state index < -0.39 is 5.97 Å². The van der Waals surface area contributed by atoms with Crippen LogP contribution in [0.25, 0.3) is 5.69 Å². The minimum atomic E-state index is -0.886. The van der Waals surface area contributed by atoms with Gasteiger partial charge in [-0.25, -0.2) is 4.68 Å². The molecule has 1 aromatic carbocycles. The van der Waals surface area contributed by atoms with E-state index in [1.807, 2.05) is 30.3 Å². The lowest BCUT2D eigenvalue weighted by atomic mass is 10.2. The molecule has 1 atom stereocenters. The molecule has 0 aliphatic carbocycles. The molecule has 2 aromatic rings. The molecular formula is C18H22N4O4. The molecule has 0 radical (unpaired) electrons. The van der Waals surface area contributed by atoms with Crippen LogP contribution >= 0.6 is 0 Å². The third kappa shape index (κ3) is 4.47. The Morgan fingerprint density at radius 3 is 2.81 bits per heavy atom. The van der Waals surface area contributed by atoms with Gasteiger partial charge in [0.1, 0.15) is 0 Å². The number of carboxylic acid groups (broad SMARTS) is 1. The Kier molecular flexibility index (Phi) is 5.65. The molecule has 1 aromatic heterocycles. The van der Waals surface area contributed by atoms with Gasteiger partial charge in [0.05, 0.1) is 24.9 Å². The highest BCUT2D eigenvalue weighted by Gasteiger charge is 2.27. The van der Waals surface area contributed by atoms with Crippen LogP contribution in [0.15, 0.2) is 42.6 Å². The Morgan fingerprint density at radius 1 is 1.31 bits per heavy atom. The van der Waals surface area contributed by atoms with Gasteiger partial charge in [-0.15, -0.1) is 0 Å². The molecule has 1 unspecified atom stereocenters. The summed E-state index contributed by atoms with van der Waals surface area (Å²) in [6.45, 7) is 1.73. The summed E-state index contributed by atoms with van der Waals surface area (Å²) in [7, 11) is 1.72. The molecule has 1 aliphatic rings. The topological polar surface area (TPSA) is 87.9 Å². The van der Waals surface area contributed by atoms with Gasteiger partial charge >= 0.3 is 5.97 Å². The van der Waals surface area contributed by atoms with Gasteiger partial charge in [0.25, 0.3) is 5.91 Å². The van der Waals surface area contributed by atoms with Crippen LogP contribution in [-0.2, 0) is 9.53 Å². The predicted molar refractivity (Wildman–Crippen MR) is 94.3 cm³/mol. The van der Waals surface area contributed by atoms with Gasteiger partial charge in [-0.2, -0.15) is 5.10 Å². The van der Waals surface area contributed by atoms with Crippen molar-refractivity contribution >= 4 is 11.9 Å². The molecule has 2 heterocycles. The summed E-state index contributed by atoms with van der Waals surface area (Å²) >= 11 is 0. The first kappa shape index (κ1) is 18.1. The Balaban J connectivity index is 1.62. The number of ether oxygens (including phenoxy) is 1. The van der Waals surface area contributed by atoms with Crippen LogP contribution in [0.4, 0.5) is 0 Å². The number of likely N-dealkylation sites (N-methyl/N-ethyl adjacent to an activating group) is 1. The molecular weight excluding hydrogens is 336 g/mol. The van der Waals surface area contributed by atoms with Crippen molar-refractivity contribution in [1.29, 1.82) is 0 Å². The molecule has 0 spiro atoms. The van der Waals surface area contributed by atoms with E-state index in [1.165, 1.54) is 0 Å². The highest BCUT2D eigenvalue weighted by atomic mass is 16.5. The summed E-state index contributed by atoms with van der Waals surface area (Å²) in [4.78, 5) is 26.9. The molecule has 138 valence electrons. The molecule has 8 heteroatoms. The maximum Gasteiger partial charge on any atom is 0.317 e. The van der Waals surface area contributed by atoms with E-state index >= 15 is 0 Å². The van der Waals surface area contributed by atoms with Gasteiger partial charge in [-0.1, -0.05) is 18.2 Å². The van der Waals surface area contributed by atoms with E-state index in [1.54, 1.807) is 33.8 Å². The molecule has 0 saturated carbocycles. The van der Waals surface area contributed by atoms with Crippen LogP contribution in [0.1, 0.15) is 10.5 Å². The Bertz CT molecular complexity index is 762. The van der Waals surface area contributed by atoms with Crippen molar-refractivity contribution in [1.82, 2.24) is 19.6 Å². The summed E-state index contributed by atoms with van der Waals surface area (Å²) in [6.07, 6.45) is 1.55. The smallest absolute Gasteiger partial charge is 0.317 e.